The molecule has 1 fully saturated rings. The third-order valence-corrected chi connectivity index (χ3v) is 7.08. The van der Waals surface area contributed by atoms with Crippen LogP contribution in [0.2, 0.25) is 0 Å². The van der Waals surface area contributed by atoms with Crippen LogP contribution >= 0.6 is 0 Å². The van der Waals surface area contributed by atoms with Crippen molar-refractivity contribution >= 4 is 28.5 Å². The number of nitrogens with zero attached hydrogens (tertiary/aromatic N) is 4. The average Bonchev–Trinajstić information content (AvgIpc) is 3.68. The number of hydrogen-bond donors (Lipinski definition) is 1. The molecule has 11 nitrogen and oxygen atoms in total. The SMILES string of the molecule is COc1ccccc1N(C(=O)Cn1nnc2ccccc21)[C@H](C(=O)NC[C@@H]1CCCO1)c1cccc(OC)c1OC. The van der Waals surface area contributed by atoms with Crippen molar-refractivity contribution in [2.24, 2.45) is 0 Å². The van der Waals surface area contributed by atoms with Crippen LogP contribution in [0.4, 0.5) is 5.69 Å². The Hall–Kier alpha value is -4.64. The van der Waals surface area contributed by atoms with Crippen LogP contribution < -0.4 is 24.4 Å². The summed E-state index contributed by atoms with van der Waals surface area (Å²) in [6, 6.07) is 18.5. The van der Waals surface area contributed by atoms with E-state index in [1.807, 2.05) is 24.3 Å². The summed E-state index contributed by atoms with van der Waals surface area (Å²) < 4.78 is 24.2. The highest BCUT2D eigenvalue weighted by atomic mass is 16.5. The van der Waals surface area contributed by atoms with Gasteiger partial charge >= 0.3 is 0 Å². The summed E-state index contributed by atoms with van der Waals surface area (Å²) in [5, 5.41) is 11.4. The minimum absolute atomic E-state index is 0.0938. The lowest BCUT2D eigenvalue weighted by atomic mass is 10.0. The van der Waals surface area contributed by atoms with Crippen LogP contribution in [0.15, 0.2) is 66.7 Å². The zero-order valence-electron chi connectivity index (χ0n) is 23.3. The van der Waals surface area contributed by atoms with Gasteiger partial charge < -0.3 is 24.3 Å². The first-order valence-corrected chi connectivity index (χ1v) is 13.4. The van der Waals surface area contributed by atoms with Crippen LogP contribution in [0, 0.1) is 0 Å². The number of benzene rings is 3. The van der Waals surface area contributed by atoms with E-state index in [-0.39, 0.29) is 12.6 Å². The Labute approximate surface area is 237 Å². The fraction of sp³-hybridized carbons (Fsp3) is 0.333. The summed E-state index contributed by atoms with van der Waals surface area (Å²) >= 11 is 0. The van der Waals surface area contributed by atoms with E-state index in [0.717, 1.165) is 12.8 Å². The molecule has 2 heterocycles. The minimum Gasteiger partial charge on any atom is -0.495 e. The maximum Gasteiger partial charge on any atom is 0.249 e. The van der Waals surface area contributed by atoms with Crippen LogP contribution in [0.3, 0.4) is 0 Å². The van der Waals surface area contributed by atoms with Gasteiger partial charge in [0.05, 0.1) is 38.6 Å². The molecule has 0 unspecified atom stereocenters. The van der Waals surface area contributed by atoms with E-state index >= 15 is 0 Å². The minimum atomic E-state index is -1.15. The Bertz CT molecular complexity index is 1520. The average molecular weight is 560 g/mol. The van der Waals surface area contributed by atoms with E-state index in [1.54, 1.807) is 42.5 Å². The Balaban J connectivity index is 1.63. The van der Waals surface area contributed by atoms with Crippen molar-refractivity contribution in [1.29, 1.82) is 0 Å². The molecular formula is C30H33N5O6. The number of ether oxygens (including phenoxy) is 4. The smallest absolute Gasteiger partial charge is 0.249 e. The number of nitrogens with one attached hydrogen (secondary N) is 1. The van der Waals surface area contributed by atoms with Crippen molar-refractivity contribution < 1.29 is 28.5 Å². The van der Waals surface area contributed by atoms with E-state index in [2.05, 4.69) is 15.6 Å². The number of carbonyl (C=O) groups excluding carboxylic acids is 2. The standard InChI is InChI=1S/C30H33N5O6/c1-38-25-15-7-6-14-24(25)35(27(36)19-34-23-13-5-4-12-22(23)32-33-34)28(30(37)31-18-20-10-9-17-41-20)21-11-8-16-26(39-2)29(21)40-3/h4-8,11-16,20,28H,9-10,17-19H2,1-3H3,(H,31,37)/t20-,28-/m0/s1. The molecule has 0 spiro atoms. The second kappa shape index (κ2) is 12.7. The van der Waals surface area contributed by atoms with Gasteiger partial charge in [-0.2, -0.15) is 0 Å². The maximum atomic E-state index is 14.4. The third kappa shape index (κ3) is 5.80. The summed E-state index contributed by atoms with van der Waals surface area (Å²) in [5.74, 6) is 0.368. The Morgan fingerprint density at radius 3 is 2.51 bits per heavy atom. The first-order chi connectivity index (χ1) is 20.0. The van der Waals surface area contributed by atoms with E-state index < -0.39 is 17.9 Å². The number of carbonyl (C=O) groups is 2. The molecule has 214 valence electrons. The molecule has 3 aromatic carbocycles. The second-order valence-corrected chi connectivity index (χ2v) is 9.54. The molecule has 0 aliphatic carbocycles. The molecule has 2 atom stereocenters. The van der Waals surface area contributed by atoms with E-state index in [9.17, 15) is 9.59 Å². The van der Waals surface area contributed by atoms with Crippen molar-refractivity contribution in [2.45, 2.75) is 31.5 Å². The fourth-order valence-electron chi connectivity index (χ4n) is 5.13. The number of anilines is 1. The van der Waals surface area contributed by atoms with Crippen molar-refractivity contribution in [2.75, 3.05) is 39.4 Å². The summed E-state index contributed by atoms with van der Waals surface area (Å²) in [5.41, 5.74) is 2.20. The van der Waals surface area contributed by atoms with Crippen molar-refractivity contribution in [3.8, 4) is 17.2 Å². The molecular weight excluding hydrogens is 526 g/mol. The molecule has 1 aromatic heterocycles. The molecule has 41 heavy (non-hydrogen) atoms. The van der Waals surface area contributed by atoms with Crippen LogP contribution in [0.25, 0.3) is 11.0 Å². The number of amides is 2. The lowest BCUT2D eigenvalue weighted by Crippen LogP contribution is -2.47. The van der Waals surface area contributed by atoms with Gasteiger partial charge in [0, 0.05) is 18.7 Å². The predicted octanol–water partition coefficient (Wildman–Crippen LogP) is 3.53. The van der Waals surface area contributed by atoms with E-state index in [0.29, 0.717) is 52.7 Å². The molecule has 0 radical (unpaired) electrons. The van der Waals surface area contributed by atoms with Gasteiger partial charge in [-0.25, -0.2) is 4.68 Å². The van der Waals surface area contributed by atoms with Gasteiger partial charge in [0.15, 0.2) is 11.5 Å². The molecule has 0 saturated carbocycles. The Morgan fingerprint density at radius 1 is 1.00 bits per heavy atom. The molecule has 1 aliphatic rings. The topological polar surface area (TPSA) is 117 Å². The van der Waals surface area contributed by atoms with E-state index in [1.165, 1.54) is 30.9 Å². The normalized spacial score (nSPS) is 15.3. The molecule has 2 amide bonds. The largest absolute Gasteiger partial charge is 0.495 e. The van der Waals surface area contributed by atoms with Gasteiger partial charge in [-0.3, -0.25) is 14.5 Å². The van der Waals surface area contributed by atoms with Gasteiger partial charge in [-0.05, 0) is 43.2 Å². The third-order valence-electron chi connectivity index (χ3n) is 7.08. The fourth-order valence-corrected chi connectivity index (χ4v) is 5.13. The molecule has 5 rings (SSSR count). The van der Waals surface area contributed by atoms with Gasteiger partial charge in [0.25, 0.3) is 0 Å². The number of para-hydroxylation sites is 4. The highest BCUT2D eigenvalue weighted by molar-refractivity contribution is 6.03. The molecule has 1 saturated heterocycles. The molecule has 1 aliphatic heterocycles. The lowest BCUT2D eigenvalue weighted by Gasteiger charge is -2.33. The molecule has 1 N–H and O–H groups in total. The predicted molar refractivity (Wildman–Crippen MR) is 152 cm³/mol. The lowest BCUT2D eigenvalue weighted by molar-refractivity contribution is -0.127. The maximum absolute atomic E-state index is 14.4. The highest BCUT2D eigenvalue weighted by Crippen LogP contribution is 2.41. The van der Waals surface area contributed by atoms with Crippen molar-refractivity contribution in [3.63, 3.8) is 0 Å². The zero-order valence-corrected chi connectivity index (χ0v) is 23.3. The summed E-state index contributed by atoms with van der Waals surface area (Å²) in [4.78, 5) is 30.0. The second-order valence-electron chi connectivity index (χ2n) is 9.54. The molecule has 0 bridgehead atoms. The monoisotopic (exact) mass is 559 g/mol. The van der Waals surface area contributed by atoms with Gasteiger partial charge in [-0.15, -0.1) is 5.10 Å². The Kier molecular flexibility index (Phi) is 8.64. The summed E-state index contributed by atoms with van der Waals surface area (Å²) in [6.07, 6.45) is 1.69. The Morgan fingerprint density at radius 2 is 1.76 bits per heavy atom. The summed E-state index contributed by atoms with van der Waals surface area (Å²) in [7, 11) is 4.54. The van der Waals surface area contributed by atoms with E-state index in [4.69, 9.17) is 18.9 Å². The molecule has 11 heteroatoms. The summed E-state index contributed by atoms with van der Waals surface area (Å²) in [6.45, 7) is 0.787. The van der Waals surface area contributed by atoms with Gasteiger partial charge in [-0.1, -0.05) is 41.6 Å². The number of aromatic nitrogens is 3. The van der Waals surface area contributed by atoms with Gasteiger partial charge in [0.2, 0.25) is 11.8 Å². The number of methoxy groups -OCH3 is 3. The quantitative estimate of drug-likeness (QED) is 0.297. The highest BCUT2D eigenvalue weighted by Gasteiger charge is 2.37. The van der Waals surface area contributed by atoms with Crippen molar-refractivity contribution in [1.82, 2.24) is 20.3 Å². The zero-order chi connectivity index (χ0) is 28.8. The van der Waals surface area contributed by atoms with Crippen LogP contribution in [0.5, 0.6) is 17.2 Å². The number of hydrogen-bond acceptors (Lipinski definition) is 8. The van der Waals surface area contributed by atoms with Crippen LogP contribution in [-0.4, -0.2) is 67.4 Å². The number of fused-ring (bicyclic) bond motifs is 1. The van der Waals surface area contributed by atoms with Crippen LogP contribution in [-0.2, 0) is 20.9 Å². The van der Waals surface area contributed by atoms with Crippen LogP contribution in [0.1, 0.15) is 24.4 Å². The number of rotatable bonds is 11. The molecule has 4 aromatic rings. The first-order valence-electron chi connectivity index (χ1n) is 13.4. The first kappa shape index (κ1) is 27.9. The van der Waals surface area contributed by atoms with Gasteiger partial charge in [0.1, 0.15) is 23.9 Å². The van der Waals surface area contributed by atoms with Crippen molar-refractivity contribution in [3.05, 3.63) is 72.3 Å².